The number of hydrogen-bond donors (Lipinski definition) is 7. The van der Waals surface area contributed by atoms with E-state index in [0.29, 0.717) is 0 Å². The Morgan fingerprint density at radius 2 is 1.77 bits per heavy atom. The molecule has 7 N–H and O–H groups in total. The van der Waals surface area contributed by atoms with Crippen molar-refractivity contribution >= 4 is 21.3 Å². The zero-order chi connectivity index (χ0) is 20.2. The van der Waals surface area contributed by atoms with Crippen molar-refractivity contribution < 1.29 is 52.9 Å². The lowest BCUT2D eigenvalue weighted by Crippen LogP contribution is -2.51. The molecule has 0 amide bonds. The average molecular weight is 422 g/mol. The molecular formula is C13H26O11S2. The van der Waals surface area contributed by atoms with E-state index < -0.39 is 75.9 Å². The molecule has 11 nitrogen and oxygen atoms in total. The summed E-state index contributed by atoms with van der Waals surface area (Å²) in [5.74, 6) is -0.396. The van der Waals surface area contributed by atoms with Crippen molar-refractivity contribution in [1.82, 2.24) is 0 Å². The van der Waals surface area contributed by atoms with Gasteiger partial charge in [0.15, 0.2) is 5.25 Å². The minimum Gasteiger partial charge on any atom is -0.726 e. The van der Waals surface area contributed by atoms with Crippen molar-refractivity contribution in [3.63, 3.8) is 0 Å². The summed E-state index contributed by atoms with van der Waals surface area (Å²) in [5.41, 5.74) is 0. The summed E-state index contributed by atoms with van der Waals surface area (Å²) in [4.78, 5) is 0. The highest BCUT2D eigenvalue weighted by Gasteiger charge is 2.54. The van der Waals surface area contributed by atoms with Gasteiger partial charge in [-0.3, -0.25) is 4.18 Å². The summed E-state index contributed by atoms with van der Waals surface area (Å²) in [5, 5.41) is 67.6. The van der Waals surface area contributed by atoms with Crippen LogP contribution in [0.2, 0.25) is 0 Å². The Morgan fingerprint density at radius 1 is 1.19 bits per heavy atom. The van der Waals surface area contributed by atoms with Crippen LogP contribution in [0, 0.1) is 0 Å². The van der Waals surface area contributed by atoms with E-state index in [-0.39, 0.29) is 17.9 Å². The fraction of sp³-hybridized carbons (Fsp3) is 1.00. The van der Waals surface area contributed by atoms with Crippen LogP contribution >= 0.6 is 0 Å². The van der Waals surface area contributed by atoms with Gasteiger partial charge in [-0.1, -0.05) is 6.92 Å². The molecule has 0 aromatic carbocycles. The predicted octanol–water partition coefficient (Wildman–Crippen LogP) is -4.60. The first-order chi connectivity index (χ1) is 11.9. The second kappa shape index (κ2) is 9.93. The smallest absolute Gasteiger partial charge is 0.218 e. The third-order valence-electron chi connectivity index (χ3n) is 4.21. The quantitative estimate of drug-likeness (QED) is 0.101. The number of aliphatic hydroxyl groups is 7. The van der Waals surface area contributed by atoms with Crippen LogP contribution in [0.5, 0.6) is 0 Å². The lowest BCUT2D eigenvalue weighted by molar-refractivity contribution is -0.0890. The highest BCUT2D eigenvalue weighted by atomic mass is 32.3. The Bertz CT molecular complexity index is 530. The van der Waals surface area contributed by atoms with Crippen molar-refractivity contribution in [2.75, 3.05) is 18.1 Å². The summed E-state index contributed by atoms with van der Waals surface area (Å²) in [6, 6.07) is 0. The molecule has 156 valence electrons. The summed E-state index contributed by atoms with van der Waals surface area (Å²) in [6.45, 7) is 0.766. The standard InChI is InChI=1S/C13H26O11S2/c1-2-6(15)10(19)12(24-26(21,22)23)9(18)5-25-4-8(17)11(20)13(25)7(16)3-14/h6-20H,2-5H2,1H3/t6-,7-,8+,9+,10-,11+,12-,13-,25?/m1/s1. The molecule has 0 aliphatic carbocycles. The number of hydrogen-bond acceptors (Lipinski definition) is 11. The maximum Gasteiger partial charge on any atom is 0.218 e. The monoisotopic (exact) mass is 422 g/mol. The second-order valence-corrected chi connectivity index (χ2v) is 9.44. The van der Waals surface area contributed by atoms with Crippen LogP contribution in [-0.4, -0.2) is 115 Å². The highest BCUT2D eigenvalue weighted by Crippen LogP contribution is 2.29. The third kappa shape index (κ3) is 6.24. The Balaban J connectivity index is 2.98. The minimum atomic E-state index is -5.31. The van der Waals surface area contributed by atoms with E-state index in [2.05, 4.69) is 4.18 Å². The zero-order valence-electron chi connectivity index (χ0n) is 14.0. The van der Waals surface area contributed by atoms with Gasteiger partial charge in [-0.25, -0.2) is 8.42 Å². The largest absolute Gasteiger partial charge is 0.726 e. The second-order valence-electron chi connectivity index (χ2n) is 6.15. The van der Waals surface area contributed by atoms with Crippen molar-refractivity contribution in [2.24, 2.45) is 0 Å². The van der Waals surface area contributed by atoms with Crippen LogP contribution in [0.15, 0.2) is 0 Å². The van der Waals surface area contributed by atoms with E-state index in [0.717, 1.165) is 0 Å². The Hall–Kier alpha value is -0.0600. The number of rotatable bonds is 10. The molecular weight excluding hydrogens is 396 g/mol. The van der Waals surface area contributed by atoms with Gasteiger partial charge in [0.05, 0.1) is 12.7 Å². The van der Waals surface area contributed by atoms with Gasteiger partial charge in [-0.15, -0.1) is 0 Å². The van der Waals surface area contributed by atoms with Crippen molar-refractivity contribution in [2.45, 2.75) is 61.3 Å². The molecule has 1 rings (SSSR count). The SMILES string of the molecule is CC[C@@H](O)[C@@H](O)[C@H](OS(=O)(=O)[O-])[C@@H](O)C[S+]1C[C@H](O)[C@H](O)[C@H]1[C@H](O)CO. The van der Waals surface area contributed by atoms with Gasteiger partial charge in [0.2, 0.25) is 10.4 Å². The van der Waals surface area contributed by atoms with Gasteiger partial charge >= 0.3 is 0 Å². The normalized spacial score (nSPS) is 32.8. The summed E-state index contributed by atoms with van der Waals surface area (Å²) in [7, 11) is -6.41. The topological polar surface area (TPSA) is 208 Å². The van der Waals surface area contributed by atoms with E-state index in [9.17, 15) is 43.6 Å². The Labute approximate surface area is 154 Å². The molecule has 13 heteroatoms. The maximum absolute atomic E-state index is 10.9. The number of aliphatic hydroxyl groups excluding tert-OH is 7. The summed E-state index contributed by atoms with van der Waals surface area (Å²) >= 11 is 0. The molecule has 0 bridgehead atoms. The molecule has 0 aromatic heterocycles. The van der Waals surface area contributed by atoms with Crippen LogP contribution in [0.3, 0.4) is 0 Å². The van der Waals surface area contributed by atoms with E-state index in [1.807, 2.05) is 0 Å². The van der Waals surface area contributed by atoms with Crippen LogP contribution < -0.4 is 0 Å². The van der Waals surface area contributed by atoms with Gasteiger partial charge in [-0.2, -0.15) is 0 Å². The first-order valence-corrected chi connectivity index (χ1v) is 10.9. The zero-order valence-corrected chi connectivity index (χ0v) is 15.7. The molecule has 0 spiro atoms. The minimum absolute atomic E-state index is 0.0123. The molecule has 1 heterocycles. The van der Waals surface area contributed by atoms with E-state index in [4.69, 9.17) is 5.11 Å². The molecule has 1 saturated heterocycles. The molecule has 1 aliphatic heterocycles. The van der Waals surface area contributed by atoms with E-state index in [1.165, 1.54) is 6.92 Å². The van der Waals surface area contributed by atoms with Crippen LogP contribution in [0.25, 0.3) is 0 Å². The summed E-state index contributed by atoms with van der Waals surface area (Å²) in [6.07, 6.45) is -11.1. The summed E-state index contributed by atoms with van der Waals surface area (Å²) < 4.78 is 36.9. The Kier molecular flexibility index (Phi) is 9.16. The lowest BCUT2D eigenvalue weighted by atomic mass is 10.0. The predicted molar refractivity (Wildman–Crippen MR) is 88.9 cm³/mol. The molecule has 1 aliphatic rings. The fourth-order valence-electron chi connectivity index (χ4n) is 2.84. The van der Waals surface area contributed by atoms with Crippen LogP contribution in [0.4, 0.5) is 0 Å². The van der Waals surface area contributed by atoms with E-state index in [1.54, 1.807) is 0 Å². The third-order valence-corrected chi connectivity index (χ3v) is 7.57. The van der Waals surface area contributed by atoms with Crippen molar-refractivity contribution in [3.8, 4) is 0 Å². The molecule has 1 fully saturated rings. The lowest BCUT2D eigenvalue weighted by Gasteiger charge is -2.30. The van der Waals surface area contributed by atoms with Gasteiger partial charge in [0.1, 0.15) is 48.1 Å². The highest BCUT2D eigenvalue weighted by molar-refractivity contribution is 7.97. The molecule has 0 radical (unpaired) electrons. The van der Waals surface area contributed by atoms with Gasteiger partial charge in [-0.05, 0) is 6.42 Å². The van der Waals surface area contributed by atoms with Crippen LogP contribution in [0.1, 0.15) is 13.3 Å². The van der Waals surface area contributed by atoms with Crippen molar-refractivity contribution in [1.29, 1.82) is 0 Å². The fourth-order valence-corrected chi connectivity index (χ4v) is 6.30. The molecule has 0 saturated carbocycles. The Morgan fingerprint density at radius 3 is 2.23 bits per heavy atom. The first kappa shape index (κ1) is 24.0. The van der Waals surface area contributed by atoms with E-state index >= 15 is 0 Å². The molecule has 0 aromatic rings. The van der Waals surface area contributed by atoms with Crippen LogP contribution in [-0.2, 0) is 25.5 Å². The first-order valence-electron chi connectivity index (χ1n) is 7.92. The van der Waals surface area contributed by atoms with Crippen molar-refractivity contribution in [3.05, 3.63) is 0 Å². The maximum atomic E-state index is 10.9. The molecule has 9 atom stereocenters. The van der Waals surface area contributed by atoms with Gasteiger partial charge < -0.3 is 40.3 Å². The van der Waals surface area contributed by atoms with Gasteiger partial charge in [0, 0.05) is 10.9 Å². The molecule has 1 unspecified atom stereocenters. The average Bonchev–Trinajstić information content (AvgIpc) is 2.83. The van der Waals surface area contributed by atoms with Gasteiger partial charge in [0.25, 0.3) is 0 Å². The molecule has 26 heavy (non-hydrogen) atoms.